The van der Waals surface area contributed by atoms with E-state index in [1.54, 1.807) is 60.0 Å². The van der Waals surface area contributed by atoms with E-state index >= 15 is 0 Å². The minimum atomic E-state index is -0.623. The zero-order valence-corrected chi connectivity index (χ0v) is 17.2. The van der Waals surface area contributed by atoms with Crippen molar-refractivity contribution in [1.29, 1.82) is 0 Å². The number of primary amides is 1. The number of amides is 3. The average molecular weight is 422 g/mol. The summed E-state index contributed by atoms with van der Waals surface area (Å²) in [5.41, 5.74) is 8.42. The maximum absolute atomic E-state index is 14.2. The van der Waals surface area contributed by atoms with Crippen LogP contribution in [-0.4, -0.2) is 28.8 Å². The number of aryl methyl sites for hydroxylation is 1. The van der Waals surface area contributed by atoms with Gasteiger partial charge in [-0.25, -0.2) is 4.39 Å². The summed E-state index contributed by atoms with van der Waals surface area (Å²) in [4.78, 5) is 35.4. The average Bonchev–Trinajstić information content (AvgIpc) is 3.05. The SMILES string of the molecule is Cc1cc(C(=O)NCc2ccc(C(=O)NCC(N)=O)cc2)c(C)n1-c1ccccc1F. The predicted octanol–water partition coefficient (Wildman–Crippen LogP) is 2.38. The zero-order valence-electron chi connectivity index (χ0n) is 17.2. The Kier molecular flexibility index (Phi) is 6.49. The molecule has 0 unspecified atom stereocenters. The first-order valence-electron chi connectivity index (χ1n) is 9.65. The molecule has 0 fully saturated rings. The lowest BCUT2D eigenvalue weighted by Gasteiger charge is -2.11. The van der Waals surface area contributed by atoms with Gasteiger partial charge in [-0.05, 0) is 49.7 Å². The van der Waals surface area contributed by atoms with E-state index in [0.717, 1.165) is 11.3 Å². The molecule has 160 valence electrons. The van der Waals surface area contributed by atoms with Crippen molar-refractivity contribution in [2.45, 2.75) is 20.4 Å². The van der Waals surface area contributed by atoms with E-state index in [4.69, 9.17) is 5.73 Å². The van der Waals surface area contributed by atoms with Gasteiger partial charge in [-0.3, -0.25) is 14.4 Å². The predicted molar refractivity (Wildman–Crippen MR) is 114 cm³/mol. The summed E-state index contributed by atoms with van der Waals surface area (Å²) < 4.78 is 15.9. The standard InChI is InChI=1S/C23H23FN4O3/c1-14-11-18(15(2)28(14)20-6-4-3-5-19(20)24)23(31)26-12-16-7-9-17(10-8-16)22(30)27-13-21(25)29/h3-11H,12-13H2,1-2H3,(H2,25,29)(H,26,31)(H,27,30). The number of benzene rings is 2. The summed E-state index contributed by atoms with van der Waals surface area (Å²) in [5, 5.41) is 5.25. The Balaban J connectivity index is 1.68. The molecule has 0 spiro atoms. The Morgan fingerprint density at radius 3 is 2.29 bits per heavy atom. The number of aromatic nitrogens is 1. The fourth-order valence-electron chi connectivity index (χ4n) is 3.32. The third kappa shape index (κ3) is 4.98. The van der Waals surface area contributed by atoms with Crippen molar-refractivity contribution < 1.29 is 18.8 Å². The van der Waals surface area contributed by atoms with Crippen LogP contribution in [0, 0.1) is 19.7 Å². The molecule has 2 aromatic carbocycles. The van der Waals surface area contributed by atoms with Gasteiger partial charge in [-0.1, -0.05) is 24.3 Å². The number of para-hydroxylation sites is 1. The smallest absolute Gasteiger partial charge is 0.253 e. The molecule has 0 saturated heterocycles. The Bertz CT molecular complexity index is 1140. The number of hydrogen-bond acceptors (Lipinski definition) is 3. The van der Waals surface area contributed by atoms with Crippen molar-refractivity contribution in [3.05, 3.63) is 88.5 Å². The van der Waals surface area contributed by atoms with Crippen molar-refractivity contribution >= 4 is 17.7 Å². The molecule has 0 radical (unpaired) electrons. The quantitative estimate of drug-likeness (QED) is 0.544. The number of hydrogen-bond donors (Lipinski definition) is 3. The molecule has 0 bridgehead atoms. The first-order valence-corrected chi connectivity index (χ1v) is 9.65. The highest BCUT2D eigenvalue weighted by molar-refractivity contribution is 5.97. The molecule has 0 aliphatic heterocycles. The molecule has 0 atom stereocenters. The van der Waals surface area contributed by atoms with Crippen molar-refractivity contribution in [3.8, 4) is 5.69 Å². The number of nitrogens with zero attached hydrogens (tertiary/aromatic N) is 1. The third-order valence-electron chi connectivity index (χ3n) is 4.86. The number of carbonyl (C=O) groups is 3. The van der Waals surface area contributed by atoms with Crippen molar-refractivity contribution in [2.75, 3.05) is 6.54 Å². The van der Waals surface area contributed by atoms with Crippen LogP contribution >= 0.6 is 0 Å². The summed E-state index contributed by atoms with van der Waals surface area (Å²) in [6.07, 6.45) is 0. The molecule has 3 amide bonds. The summed E-state index contributed by atoms with van der Waals surface area (Å²) in [6.45, 7) is 3.61. The van der Waals surface area contributed by atoms with Gasteiger partial charge in [-0.15, -0.1) is 0 Å². The summed E-state index contributed by atoms with van der Waals surface area (Å²) in [5.74, 6) is -1.67. The van der Waals surface area contributed by atoms with Crippen LogP contribution in [0.5, 0.6) is 0 Å². The molecule has 31 heavy (non-hydrogen) atoms. The number of nitrogens with two attached hydrogens (primary N) is 1. The van der Waals surface area contributed by atoms with E-state index in [-0.39, 0.29) is 24.8 Å². The van der Waals surface area contributed by atoms with Gasteiger partial charge in [0.25, 0.3) is 11.8 Å². The zero-order chi connectivity index (χ0) is 22.5. The molecule has 3 aromatic rings. The van der Waals surface area contributed by atoms with Crippen LogP contribution in [0.25, 0.3) is 5.69 Å². The van der Waals surface area contributed by atoms with Gasteiger partial charge in [0.2, 0.25) is 5.91 Å². The van der Waals surface area contributed by atoms with Gasteiger partial charge in [0.1, 0.15) is 5.82 Å². The van der Waals surface area contributed by atoms with Gasteiger partial charge >= 0.3 is 0 Å². The minimum Gasteiger partial charge on any atom is -0.368 e. The second kappa shape index (κ2) is 9.25. The van der Waals surface area contributed by atoms with Crippen molar-refractivity contribution in [1.82, 2.24) is 15.2 Å². The Labute approximate surface area is 179 Å². The van der Waals surface area contributed by atoms with Crippen LogP contribution in [-0.2, 0) is 11.3 Å². The highest BCUT2D eigenvalue weighted by Gasteiger charge is 2.18. The number of nitrogens with one attached hydrogen (secondary N) is 2. The highest BCUT2D eigenvalue weighted by atomic mass is 19.1. The van der Waals surface area contributed by atoms with E-state index in [1.807, 2.05) is 6.92 Å². The Morgan fingerprint density at radius 1 is 0.968 bits per heavy atom. The van der Waals surface area contributed by atoms with Crippen LogP contribution < -0.4 is 16.4 Å². The molecule has 4 N–H and O–H groups in total. The highest BCUT2D eigenvalue weighted by Crippen LogP contribution is 2.22. The topological polar surface area (TPSA) is 106 Å². The van der Waals surface area contributed by atoms with Crippen LogP contribution in [0.4, 0.5) is 4.39 Å². The maximum atomic E-state index is 14.2. The van der Waals surface area contributed by atoms with Gasteiger partial charge < -0.3 is 20.9 Å². The van der Waals surface area contributed by atoms with Crippen LogP contribution in [0.3, 0.4) is 0 Å². The molecule has 0 aliphatic rings. The van der Waals surface area contributed by atoms with Crippen molar-refractivity contribution in [2.24, 2.45) is 5.73 Å². The maximum Gasteiger partial charge on any atom is 0.253 e. The fraction of sp³-hybridized carbons (Fsp3) is 0.174. The third-order valence-corrected chi connectivity index (χ3v) is 4.86. The fourth-order valence-corrected chi connectivity index (χ4v) is 3.32. The summed E-state index contributed by atoms with van der Waals surface area (Å²) >= 11 is 0. The van der Waals surface area contributed by atoms with E-state index < -0.39 is 11.8 Å². The first kappa shape index (κ1) is 21.8. The summed E-state index contributed by atoms with van der Waals surface area (Å²) in [6, 6.07) is 14.8. The van der Waals surface area contributed by atoms with Crippen LogP contribution in [0.15, 0.2) is 54.6 Å². The second-order valence-corrected chi connectivity index (χ2v) is 7.10. The van der Waals surface area contributed by atoms with Gasteiger partial charge in [0.15, 0.2) is 0 Å². The lowest BCUT2D eigenvalue weighted by Crippen LogP contribution is -2.33. The van der Waals surface area contributed by atoms with E-state index in [9.17, 15) is 18.8 Å². The molecule has 8 heteroatoms. The van der Waals surface area contributed by atoms with Gasteiger partial charge in [0, 0.05) is 23.5 Å². The molecule has 7 nitrogen and oxygen atoms in total. The normalized spacial score (nSPS) is 10.5. The number of halogens is 1. The molecule has 1 heterocycles. The minimum absolute atomic E-state index is 0.234. The van der Waals surface area contributed by atoms with Gasteiger partial charge in [0.05, 0.1) is 17.8 Å². The molecule has 3 rings (SSSR count). The monoisotopic (exact) mass is 422 g/mol. The summed E-state index contributed by atoms with van der Waals surface area (Å²) in [7, 11) is 0. The Hall–Kier alpha value is -3.94. The van der Waals surface area contributed by atoms with E-state index in [1.165, 1.54) is 6.07 Å². The number of rotatable bonds is 7. The molecular formula is C23H23FN4O3. The molecule has 1 aromatic heterocycles. The van der Waals surface area contributed by atoms with Crippen LogP contribution in [0.1, 0.15) is 37.7 Å². The second-order valence-electron chi connectivity index (χ2n) is 7.10. The lowest BCUT2D eigenvalue weighted by atomic mass is 10.1. The largest absolute Gasteiger partial charge is 0.368 e. The van der Waals surface area contributed by atoms with Crippen LogP contribution in [0.2, 0.25) is 0 Å². The van der Waals surface area contributed by atoms with E-state index in [0.29, 0.717) is 22.5 Å². The molecule has 0 aliphatic carbocycles. The first-order chi connectivity index (χ1) is 14.8. The molecule has 0 saturated carbocycles. The molecular weight excluding hydrogens is 399 g/mol. The van der Waals surface area contributed by atoms with Crippen molar-refractivity contribution in [3.63, 3.8) is 0 Å². The lowest BCUT2D eigenvalue weighted by molar-refractivity contribution is -0.117. The van der Waals surface area contributed by atoms with E-state index in [2.05, 4.69) is 10.6 Å². The Morgan fingerprint density at radius 2 is 1.65 bits per heavy atom. The number of carbonyl (C=O) groups excluding carboxylic acids is 3. The van der Waals surface area contributed by atoms with Gasteiger partial charge in [-0.2, -0.15) is 0 Å².